The number of sulfonamides is 1. The highest BCUT2D eigenvalue weighted by Crippen LogP contribution is 2.21. The van der Waals surface area contributed by atoms with Crippen LogP contribution in [0.1, 0.15) is 27.7 Å². The fourth-order valence-electron chi connectivity index (χ4n) is 2.34. The Morgan fingerprint density at radius 1 is 1.29 bits per heavy atom. The molecule has 1 fully saturated rings. The maximum absolute atomic E-state index is 12.4. The van der Waals surface area contributed by atoms with Crippen molar-refractivity contribution in [2.24, 2.45) is 11.8 Å². The molecule has 1 atom stereocenters. The second-order valence-corrected chi connectivity index (χ2v) is 8.76. The monoisotopic (exact) mass is 375 g/mol. The summed E-state index contributed by atoms with van der Waals surface area (Å²) in [6.45, 7) is 8.93. The van der Waals surface area contributed by atoms with Gasteiger partial charge in [-0.1, -0.05) is 13.0 Å². The molecule has 1 saturated heterocycles. The number of nitrogens with one attached hydrogen (secondary N) is 3. The van der Waals surface area contributed by atoms with Crippen molar-refractivity contribution >= 4 is 34.0 Å². The second kappa shape index (κ2) is 7.82. The fraction of sp³-hybridized carbons (Fsp3) is 0.562. The van der Waals surface area contributed by atoms with Crippen molar-refractivity contribution in [2.45, 2.75) is 38.1 Å². The Hall–Kier alpha value is -1.15. The van der Waals surface area contributed by atoms with Crippen molar-refractivity contribution in [3.8, 4) is 0 Å². The highest BCUT2D eigenvalue weighted by molar-refractivity contribution is 7.89. The third kappa shape index (κ3) is 5.44. The molecule has 0 bridgehead atoms. The van der Waals surface area contributed by atoms with Gasteiger partial charge in [-0.2, -0.15) is 0 Å². The number of amides is 1. The number of carbonyl (C=O) groups excluding carboxylic acids is 1. The van der Waals surface area contributed by atoms with Gasteiger partial charge >= 0.3 is 0 Å². The number of carbonyl (C=O) groups is 1. The van der Waals surface area contributed by atoms with E-state index in [1.807, 2.05) is 6.92 Å². The summed E-state index contributed by atoms with van der Waals surface area (Å²) in [6, 6.07) is 6.32. The minimum atomic E-state index is -3.62. The lowest BCUT2D eigenvalue weighted by molar-refractivity contribution is -0.121. The molecule has 1 heterocycles. The molecular formula is C16H26ClN3O3S. The summed E-state index contributed by atoms with van der Waals surface area (Å²) in [5.74, 6) is 0.142. The zero-order valence-electron chi connectivity index (χ0n) is 14.4. The van der Waals surface area contributed by atoms with E-state index in [0.717, 1.165) is 13.1 Å². The van der Waals surface area contributed by atoms with E-state index in [1.165, 1.54) is 12.1 Å². The van der Waals surface area contributed by atoms with Crippen LogP contribution in [0, 0.1) is 11.8 Å². The average Bonchev–Trinajstić information content (AvgIpc) is 2.34. The molecule has 0 spiro atoms. The topological polar surface area (TPSA) is 87.3 Å². The fourth-order valence-corrected chi connectivity index (χ4v) is 3.80. The third-order valence-corrected chi connectivity index (χ3v) is 5.54. The van der Waals surface area contributed by atoms with E-state index >= 15 is 0 Å². The van der Waals surface area contributed by atoms with Gasteiger partial charge in [0.05, 0.1) is 4.90 Å². The van der Waals surface area contributed by atoms with Gasteiger partial charge in [0, 0.05) is 17.1 Å². The zero-order valence-corrected chi connectivity index (χ0v) is 16.1. The van der Waals surface area contributed by atoms with Crippen LogP contribution in [-0.4, -0.2) is 33.0 Å². The number of rotatable bonds is 5. The van der Waals surface area contributed by atoms with Gasteiger partial charge < -0.3 is 10.6 Å². The van der Waals surface area contributed by atoms with Crippen LogP contribution >= 0.6 is 12.4 Å². The summed E-state index contributed by atoms with van der Waals surface area (Å²) < 4.78 is 27.3. The molecule has 1 aromatic rings. The van der Waals surface area contributed by atoms with Crippen LogP contribution in [0.15, 0.2) is 29.2 Å². The van der Waals surface area contributed by atoms with Crippen LogP contribution in [0.3, 0.4) is 0 Å². The quantitative estimate of drug-likeness (QED) is 0.734. The van der Waals surface area contributed by atoms with Gasteiger partial charge in [0.15, 0.2) is 0 Å². The SMILES string of the molecule is CC(C(=O)Nc1cccc(S(=O)(=O)NC(C)(C)C)c1)C1CNC1.Cl. The van der Waals surface area contributed by atoms with E-state index in [0.29, 0.717) is 11.6 Å². The number of hydrogen-bond donors (Lipinski definition) is 3. The molecule has 136 valence electrons. The van der Waals surface area contributed by atoms with Crippen LogP contribution in [0.2, 0.25) is 0 Å². The maximum Gasteiger partial charge on any atom is 0.241 e. The molecule has 1 aromatic carbocycles. The molecule has 0 aliphatic carbocycles. The van der Waals surface area contributed by atoms with E-state index in [1.54, 1.807) is 32.9 Å². The summed E-state index contributed by atoms with van der Waals surface area (Å²) in [6.07, 6.45) is 0. The van der Waals surface area contributed by atoms with Crippen molar-refractivity contribution in [1.29, 1.82) is 0 Å². The minimum Gasteiger partial charge on any atom is -0.326 e. The van der Waals surface area contributed by atoms with Crippen molar-refractivity contribution in [2.75, 3.05) is 18.4 Å². The van der Waals surface area contributed by atoms with Crippen LogP contribution in [0.4, 0.5) is 5.69 Å². The van der Waals surface area contributed by atoms with E-state index in [9.17, 15) is 13.2 Å². The molecule has 1 amide bonds. The molecule has 1 aliphatic heterocycles. The second-order valence-electron chi connectivity index (χ2n) is 7.08. The molecule has 0 radical (unpaired) electrons. The minimum absolute atomic E-state index is 0. The first-order valence-electron chi connectivity index (χ1n) is 7.74. The predicted molar refractivity (Wildman–Crippen MR) is 97.9 cm³/mol. The van der Waals surface area contributed by atoms with Crippen molar-refractivity contribution in [3.05, 3.63) is 24.3 Å². The van der Waals surface area contributed by atoms with Gasteiger partial charge in [0.25, 0.3) is 0 Å². The Labute approximate surface area is 150 Å². The summed E-state index contributed by atoms with van der Waals surface area (Å²) in [5.41, 5.74) is -0.0741. The Bertz CT molecular complexity index is 682. The lowest BCUT2D eigenvalue weighted by Gasteiger charge is -2.31. The first-order valence-corrected chi connectivity index (χ1v) is 9.22. The summed E-state index contributed by atoms with van der Waals surface area (Å²) >= 11 is 0. The molecule has 8 heteroatoms. The van der Waals surface area contributed by atoms with Gasteiger partial charge in [-0.15, -0.1) is 12.4 Å². The summed E-state index contributed by atoms with van der Waals surface area (Å²) in [7, 11) is -3.62. The average molecular weight is 376 g/mol. The summed E-state index contributed by atoms with van der Waals surface area (Å²) in [4.78, 5) is 12.4. The Balaban J connectivity index is 0.00000288. The van der Waals surface area contributed by atoms with Crippen molar-refractivity contribution in [3.63, 3.8) is 0 Å². The lowest BCUT2D eigenvalue weighted by Crippen LogP contribution is -2.48. The Kier molecular flexibility index (Phi) is 6.81. The third-order valence-electron chi connectivity index (χ3n) is 3.79. The first-order chi connectivity index (χ1) is 10.6. The Morgan fingerprint density at radius 3 is 2.42 bits per heavy atom. The standard InChI is InChI=1S/C16H25N3O3S.ClH/c1-11(12-9-17-10-12)15(20)18-13-6-5-7-14(8-13)23(21,22)19-16(2,3)4;/h5-8,11-12,17,19H,9-10H2,1-4H3,(H,18,20);1H. The molecular weight excluding hydrogens is 350 g/mol. The highest BCUT2D eigenvalue weighted by atomic mass is 35.5. The smallest absolute Gasteiger partial charge is 0.241 e. The maximum atomic E-state index is 12.4. The molecule has 0 aromatic heterocycles. The van der Waals surface area contributed by atoms with Gasteiger partial charge in [0.2, 0.25) is 15.9 Å². The number of hydrogen-bond acceptors (Lipinski definition) is 4. The van der Waals surface area contributed by atoms with Gasteiger partial charge in [0.1, 0.15) is 0 Å². The highest BCUT2D eigenvalue weighted by Gasteiger charge is 2.29. The zero-order chi connectivity index (χ0) is 17.3. The number of benzene rings is 1. The first kappa shape index (κ1) is 20.9. The molecule has 3 N–H and O–H groups in total. The number of anilines is 1. The molecule has 2 rings (SSSR count). The number of halogens is 1. The van der Waals surface area contributed by atoms with Crippen molar-refractivity contribution < 1.29 is 13.2 Å². The van der Waals surface area contributed by atoms with Gasteiger partial charge in [-0.25, -0.2) is 13.1 Å². The van der Waals surface area contributed by atoms with Crippen LogP contribution < -0.4 is 15.4 Å². The van der Waals surface area contributed by atoms with Crippen LogP contribution in [0.5, 0.6) is 0 Å². The predicted octanol–water partition coefficient (Wildman–Crippen LogP) is 1.98. The summed E-state index contributed by atoms with van der Waals surface area (Å²) in [5, 5.41) is 5.95. The van der Waals surface area contributed by atoms with E-state index in [4.69, 9.17) is 0 Å². The van der Waals surface area contributed by atoms with E-state index in [-0.39, 0.29) is 29.1 Å². The van der Waals surface area contributed by atoms with Crippen molar-refractivity contribution in [1.82, 2.24) is 10.0 Å². The van der Waals surface area contributed by atoms with E-state index < -0.39 is 15.6 Å². The molecule has 1 unspecified atom stereocenters. The largest absolute Gasteiger partial charge is 0.326 e. The van der Waals surface area contributed by atoms with E-state index in [2.05, 4.69) is 15.4 Å². The molecule has 24 heavy (non-hydrogen) atoms. The van der Waals surface area contributed by atoms with Crippen LogP contribution in [0.25, 0.3) is 0 Å². The lowest BCUT2D eigenvalue weighted by atomic mass is 9.88. The molecule has 1 aliphatic rings. The van der Waals surface area contributed by atoms with Crippen LogP contribution in [-0.2, 0) is 14.8 Å². The van der Waals surface area contributed by atoms with Gasteiger partial charge in [-0.3, -0.25) is 4.79 Å². The molecule has 6 nitrogen and oxygen atoms in total. The van der Waals surface area contributed by atoms with Gasteiger partial charge in [-0.05, 0) is 58.0 Å². The Morgan fingerprint density at radius 2 is 1.92 bits per heavy atom. The molecule has 0 saturated carbocycles. The normalized spacial score (nSPS) is 16.7.